The van der Waals surface area contributed by atoms with Crippen LogP contribution in [0.5, 0.6) is 0 Å². The Kier molecular flexibility index (Phi) is 3.99. The first-order valence-electron chi connectivity index (χ1n) is 7.43. The summed E-state index contributed by atoms with van der Waals surface area (Å²) in [6, 6.07) is 8.14. The summed E-state index contributed by atoms with van der Waals surface area (Å²) >= 11 is 0. The minimum Gasteiger partial charge on any atom is -0.370 e. The number of nitrogens with one attached hydrogen (secondary N) is 1. The number of rotatable bonds is 6. The molecule has 1 N–H and O–H groups in total. The minimum atomic E-state index is 0.164. The highest BCUT2D eigenvalue weighted by Crippen LogP contribution is 2.29. The van der Waals surface area contributed by atoms with Gasteiger partial charge in [0.2, 0.25) is 0 Å². The zero-order valence-corrected chi connectivity index (χ0v) is 12.5. The Morgan fingerprint density at radius 3 is 2.86 bits per heavy atom. The molecule has 110 valence electrons. The normalized spacial score (nSPS) is 15.5. The summed E-state index contributed by atoms with van der Waals surface area (Å²) in [6.07, 6.45) is 6.11. The molecular weight excluding hydrogens is 262 g/mol. The van der Waals surface area contributed by atoms with Gasteiger partial charge < -0.3 is 10.2 Å². The number of pyridine rings is 1. The Morgan fingerprint density at radius 2 is 2.14 bits per heavy atom. The molecule has 21 heavy (non-hydrogen) atoms. The lowest BCUT2D eigenvalue weighted by atomic mass is 10.2. The van der Waals surface area contributed by atoms with Gasteiger partial charge in [-0.1, -0.05) is 6.07 Å². The Hall–Kier alpha value is -2.17. The van der Waals surface area contributed by atoms with E-state index in [0.29, 0.717) is 0 Å². The molecule has 0 aromatic carbocycles. The van der Waals surface area contributed by atoms with Crippen LogP contribution in [0.1, 0.15) is 31.5 Å². The van der Waals surface area contributed by atoms with Gasteiger partial charge in [0.15, 0.2) is 0 Å². The molecule has 1 atom stereocenters. The van der Waals surface area contributed by atoms with Crippen LogP contribution in [0.2, 0.25) is 0 Å². The zero-order chi connectivity index (χ0) is 14.7. The van der Waals surface area contributed by atoms with Gasteiger partial charge in [-0.2, -0.15) is 0 Å². The third kappa shape index (κ3) is 3.48. The van der Waals surface area contributed by atoms with Crippen LogP contribution in [0.3, 0.4) is 0 Å². The van der Waals surface area contributed by atoms with Gasteiger partial charge in [0.05, 0.1) is 11.7 Å². The number of aromatic nitrogens is 3. The largest absolute Gasteiger partial charge is 0.370 e. The van der Waals surface area contributed by atoms with Crippen LogP contribution in [-0.2, 0) is 0 Å². The van der Waals surface area contributed by atoms with Crippen molar-refractivity contribution < 1.29 is 0 Å². The van der Waals surface area contributed by atoms with E-state index >= 15 is 0 Å². The maximum Gasteiger partial charge on any atom is 0.134 e. The maximum atomic E-state index is 4.41. The van der Waals surface area contributed by atoms with Gasteiger partial charge in [-0.05, 0) is 37.8 Å². The predicted octanol–water partition coefficient (Wildman–Crippen LogP) is 2.89. The fraction of sp³-hybridized carbons (Fsp3) is 0.438. The monoisotopic (exact) mass is 283 g/mol. The van der Waals surface area contributed by atoms with Crippen molar-refractivity contribution in [3.8, 4) is 0 Å². The highest BCUT2D eigenvalue weighted by atomic mass is 15.2. The van der Waals surface area contributed by atoms with Gasteiger partial charge in [0, 0.05) is 25.9 Å². The third-order valence-electron chi connectivity index (χ3n) is 3.98. The molecule has 2 heterocycles. The highest BCUT2D eigenvalue weighted by Gasteiger charge is 2.21. The molecule has 0 radical (unpaired) electrons. The highest BCUT2D eigenvalue weighted by molar-refractivity contribution is 5.49. The average Bonchev–Trinajstić information content (AvgIpc) is 3.37. The fourth-order valence-corrected chi connectivity index (χ4v) is 2.23. The minimum absolute atomic E-state index is 0.164. The number of hydrogen-bond donors (Lipinski definition) is 1. The summed E-state index contributed by atoms with van der Waals surface area (Å²) in [7, 11) is 2.03. The Balaban J connectivity index is 1.71. The van der Waals surface area contributed by atoms with E-state index in [-0.39, 0.29) is 6.04 Å². The first-order valence-corrected chi connectivity index (χ1v) is 7.43. The third-order valence-corrected chi connectivity index (χ3v) is 3.98. The van der Waals surface area contributed by atoms with E-state index in [0.717, 1.165) is 29.8 Å². The van der Waals surface area contributed by atoms with Crippen LogP contribution in [0.15, 0.2) is 36.8 Å². The summed E-state index contributed by atoms with van der Waals surface area (Å²) in [5.41, 5.74) is 1.03. The number of hydrogen-bond acceptors (Lipinski definition) is 5. The van der Waals surface area contributed by atoms with Crippen molar-refractivity contribution in [2.24, 2.45) is 5.92 Å². The standard InChI is InChI=1S/C16H21N5/c1-12(14-5-3-4-8-17-14)21(2)16-9-15(19-11-20-16)18-10-13-6-7-13/h3-5,8-9,11-13H,6-7,10H2,1-2H3,(H,18,19,20)/t12-/m0/s1. The number of anilines is 2. The molecule has 2 aromatic heterocycles. The van der Waals surface area contributed by atoms with Gasteiger partial charge in [0.25, 0.3) is 0 Å². The molecule has 0 aliphatic heterocycles. The molecule has 2 aromatic rings. The van der Waals surface area contributed by atoms with Crippen molar-refractivity contribution in [1.82, 2.24) is 15.0 Å². The first kappa shape index (κ1) is 13.8. The van der Waals surface area contributed by atoms with Crippen molar-refractivity contribution >= 4 is 11.6 Å². The summed E-state index contributed by atoms with van der Waals surface area (Å²) in [4.78, 5) is 15.2. The summed E-state index contributed by atoms with van der Waals surface area (Å²) in [6.45, 7) is 3.14. The quantitative estimate of drug-likeness (QED) is 0.883. The molecular formula is C16H21N5. The second-order valence-corrected chi connectivity index (χ2v) is 5.63. The van der Waals surface area contributed by atoms with Crippen molar-refractivity contribution in [1.29, 1.82) is 0 Å². The van der Waals surface area contributed by atoms with Crippen molar-refractivity contribution in [3.63, 3.8) is 0 Å². The van der Waals surface area contributed by atoms with Gasteiger partial charge in [-0.3, -0.25) is 4.98 Å². The molecule has 0 saturated heterocycles. The first-order chi connectivity index (χ1) is 10.2. The van der Waals surface area contributed by atoms with Crippen LogP contribution in [0.4, 0.5) is 11.6 Å². The average molecular weight is 283 g/mol. The topological polar surface area (TPSA) is 53.9 Å². The van der Waals surface area contributed by atoms with Crippen LogP contribution in [-0.4, -0.2) is 28.5 Å². The van der Waals surface area contributed by atoms with E-state index < -0.39 is 0 Å². The molecule has 5 nitrogen and oxygen atoms in total. The van der Waals surface area contributed by atoms with Gasteiger partial charge in [-0.15, -0.1) is 0 Å². The fourth-order valence-electron chi connectivity index (χ4n) is 2.23. The molecule has 1 aliphatic carbocycles. The Morgan fingerprint density at radius 1 is 1.29 bits per heavy atom. The SMILES string of the molecule is C[C@@H](c1ccccn1)N(C)c1cc(NCC2CC2)ncn1. The van der Waals surface area contributed by atoms with Crippen LogP contribution in [0.25, 0.3) is 0 Å². The molecule has 5 heteroatoms. The molecule has 1 saturated carbocycles. The molecule has 1 fully saturated rings. The molecule has 0 spiro atoms. The lowest BCUT2D eigenvalue weighted by molar-refractivity contribution is 0.703. The van der Waals surface area contributed by atoms with E-state index in [1.165, 1.54) is 12.8 Å². The molecule has 3 rings (SSSR count). The van der Waals surface area contributed by atoms with Gasteiger partial charge in [0.1, 0.15) is 18.0 Å². The van der Waals surface area contributed by atoms with Crippen LogP contribution >= 0.6 is 0 Å². The lowest BCUT2D eigenvalue weighted by Gasteiger charge is -2.25. The summed E-state index contributed by atoms with van der Waals surface area (Å²) < 4.78 is 0. The van der Waals surface area contributed by atoms with Gasteiger partial charge >= 0.3 is 0 Å². The van der Waals surface area contributed by atoms with Crippen LogP contribution < -0.4 is 10.2 Å². The summed E-state index contributed by atoms with van der Waals surface area (Å²) in [5, 5.41) is 3.39. The maximum absolute atomic E-state index is 4.41. The Labute approximate surface area is 125 Å². The second-order valence-electron chi connectivity index (χ2n) is 5.63. The smallest absolute Gasteiger partial charge is 0.134 e. The molecule has 0 unspecified atom stereocenters. The Bertz CT molecular complexity index is 582. The van der Waals surface area contributed by atoms with Crippen molar-refractivity contribution in [3.05, 3.63) is 42.5 Å². The predicted molar refractivity (Wildman–Crippen MR) is 84.3 cm³/mol. The van der Waals surface area contributed by atoms with Gasteiger partial charge in [-0.25, -0.2) is 9.97 Å². The molecule has 0 amide bonds. The second kappa shape index (κ2) is 6.08. The van der Waals surface area contributed by atoms with E-state index in [4.69, 9.17) is 0 Å². The van der Waals surface area contributed by atoms with Crippen LogP contribution in [0, 0.1) is 5.92 Å². The van der Waals surface area contributed by atoms with E-state index in [1.54, 1.807) is 6.33 Å². The lowest BCUT2D eigenvalue weighted by Crippen LogP contribution is -2.23. The van der Waals surface area contributed by atoms with Crippen molar-refractivity contribution in [2.45, 2.75) is 25.8 Å². The van der Waals surface area contributed by atoms with E-state index in [2.05, 4.69) is 32.1 Å². The summed E-state index contributed by atoms with van der Waals surface area (Å²) in [5.74, 6) is 2.63. The molecule has 0 bridgehead atoms. The zero-order valence-electron chi connectivity index (χ0n) is 12.5. The van der Waals surface area contributed by atoms with E-state index in [9.17, 15) is 0 Å². The number of nitrogens with zero attached hydrogens (tertiary/aromatic N) is 4. The van der Waals surface area contributed by atoms with E-state index in [1.807, 2.05) is 37.5 Å². The molecule has 1 aliphatic rings. The van der Waals surface area contributed by atoms with Crippen molar-refractivity contribution in [2.75, 3.05) is 23.8 Å².